The van der Waals surface area contributed by atoms with Crippen molar-refractivity contribution in [2.75, 3.05) is 26.7 Å². The lowest BCUT2D eigenvalue weighted by molar-refractivity contribution is 0.336. The van der Waals surface area contributed by atoms with Crippen molar-refractivity contribution in [3.63, 3.8) is 0 Å². The summed E-state index contributed by atoms with van der Waals surface area (Å²) in [7, 11) is -1.79. The number of hydrogen-bond acceptors (Lipinski definition) is 5. The van der Waals surface area contributed by atoms with E-state index in [1.54, 1.807) is 19.2 Å². The van der Waals surface area contributed by atoms with Gasteiger partial charge in [0.1, 0.15) is 9.96 Å². The second-order valence-corrected chi connectivity index (χ2v) is 9.44. The highest BCUT2D eigenvalue weighted by molar-refractivity contribution is 7.91. The zero-order valence-electron chi connectivity index (χ0n) is 16.7. The number of aryl methyl sites for hydroxylation is 2. The van der Waals surface area contributed by atoms with Crippen LogP contribution >= 0.6 is 11.3 Å². The fourth-order valence-electron chi connectivity index (χ4n) is 2.49. The fourth-order valence-corrected chi connectivity index (χ4v) is 4.85. The quantitative estimate of drug-likeness (QED) is 0.327. The SMILES string of the molecule is CCOc1cc(C)ccc1CNC(=NC)NCCNS(=O)(=O)c1ccc(C)s1. The summed E-state index contributed by atoms with van der Waals surface area (Å²) in [6.07, 6.45) is 0. The van der Waals surface area contributed by atoms with Crippen molar-refractivity contribution in [1.82, 2.24) is 15.4 Å². The van der Waals surface area contributed by atoms with E-state index >= 15 is 0 Å². The predicted molar refractivity (Wildman–Crippen MR) is 115 cm³/mol. The van der Waals surface area contributed by atoms with Gasteiger partial charge in [0.2, 0.25) is 10.0 Å². The lowest BCUT2D eigenvalue weighted by Crippen LogP contribution is -2.41. The molecule has 0 aliphatic heterocycles. The summed E-state index contributed by atoms with van der Waals surface area (Å²) in [6.45, 7) is 7.69. The first kappa shape index (κ1) is 22.2. The Bertz CT molecular complexity index is 908. The van der Waals surface area contributed by atoms with Gasteiger partial charge in [-0.15, -0.1) is 11.3 Å². The number of sulfonamides is 1. The molecule has 0 atom stereocenters. The van der Waals surface area contributed by atoms with Gasteiger partial charge in [0.15, 0.2) is 5.96 Å². The average molecular weight is 425 g/mol. The van der Waals surface area contributed by atoms with Gasteiger partial charge < -0.3 is 15.4 Å². The zero-order valence-corrected chi connectivity index (χ0v) is 18.3. The number of ether oxygens (including phenoxy) is 1. The predicted octanol–water partition coefficient (Wildman–Crippen LogP) is 2.41. The van der Waals surface area contributed by atoms with E-state index in [1.807, 2.05) is 39.0 Å². The Balaban J connectivity index is 1.82. The third-order valence-corrected chi connectivity index (χ3v) is 6.84. The minimum Gasteiger partial charge on any atom is -0.494 e. The van der Waals surface area contributed by atoms with Crippen LogP contribution in [-0.2, 0) is 16.6 Å². The molecule has 1 heterocycles. The first-order valence-corrected chi connectivity index (χ1v) is 11.4. The molecule has 0 amide bonds. The maximum absolute atomic E-state index is 12.2. The van der Waals surface area contributed by atoms with E-state index in [-0.39, 0.29) is 6.54 Å². The molecular formula is C19H28N4O3S2. The number of guanidine groups is 1. The van der Waals surface area contributed by atoms with E-state index in [0.717, 1.165) is 21.8 Å². The van der Waals surface area contributed by atoms with E-state index in [0.29, 0.717) is 29.9 Å². The third-order valence-electron chi connectivity index (χ3n) is 3.88. The standard InChI is InChI=1S/C19H28N4O3S2/c1-5-26-17-12-14(2)6-8-16(17)13-22-19(20-4)21-10-11-23-28(24,25)18-9-7-15(3)27-18/h6-9,12,23H,5,10-11,13H2,1-4H3,(H2,20,21,22). The lowest BCUT2D eigenvalue weighted by atomic mass is 10.1. The van der Waals surface area contributed by atoms with E-state index in [1.165, 1.54) is 11.3 Å². The van der Waals surface area contributed by atoms with Gasteiger partial charge in [0.05, 0.1) is 6.61 Å². The summed E-state index contributed by atoms with van der Waals surface area (Å²) < 4.78 is 33.0. The van der Waals surface area contributed by atoms with Gasteiger partial charge in [-0.05, 0) is 44.5 Å². The van der Waals surface area contributed by atoms with Crippen molar-refractivity contribution in [3.05, 3.63) is 46.3 Å². The summed E-state index contributed by atoms with van der Waals surface area (Å²) >= 11 is 1.26. The van der Waals surface area contributed by atoms with E-state index in [4.69, 9.17) is 4.74 Å². The molecule has 9 heteroatoms. The Morgan fingerprint density at radius 2 is 1.93 bits per heavy atom. The number of nitrogens with one attached hydrogen (secondary N) is 3. The third kappa shape index (κ3) is 6.50. The Labute approximate surface area is 171 Å². The molecule has 7 nitrogen and oxygen atoms in total. The molecule has 0 fully saturated rings. The van der Waals surface area contributed by atoms with Gasteiger partial charge in [-0.2, -0.15) is 0 Å². The van der Waals surface area contributed by atoms with Crippen LogP contribution in [0.5, 0.6) is 5.75 Å². The van der Waals surface area contributed by atoms with Gasteiger partial charge in [-0.1, -0.05) is 12.1 Å². The van der Waals surface area contributed by atoms with Gasteiger partial charge in [0.25, 0.3) is 0 Å². The average Bonchev–Trinajstić information content (AvgIpc) is 3.10. The number of aliphatic imine (C=N–C) groups is 1. The molecule has 0 unspecified atom stereocenters. The smallest absolute Gasteiger partial charge is 0.250 e. The minimum atomic E-state index is -3.46. The highest BCUT2D eigenvalue weighted by Crippen LogP contribution is 2.21. The summed E-state index contributed by atoms with van der Waals surface area (Å²) in [5.74, 6) is 1.44. The van der Waals surface area contributed by atoms with Crippen LogP contribution in [0.25, 0.3) is 0 Å². The van der Waals surface area contributed by atoms with Crippen LogP contribution < -0.4 is 20.1 Å². The zero-order chi connectivity index (χ0) is 20.6. The number of rotatable bonds is 9. The first-order chi connectivity index (χ1) is 13.4. The molecule has 3 N–H and O–H groups in total. The molecule has 1 aromatic heterocycles. The molecule has 2 aromatic rings. The normalized spacial score (nSPS) is 12.1. The maximum atomic E-state index is 12.2. The topological polar surface area (TPSA) is 91.8 Å². The fraction of sp³-hybridized carbons (Fsp3) is 0.421. The van der Waals surface area contributed by atoms with E-state index in [2.05, 4.69) is 20.3 Å². The monoisotopic (exact) mass is 424 g/mol. The molecule has 0 bridgehead atoms. The number of nitrogens with zero attached hydrogens (tertiary/aromatic N) is 1. The summed E-state index contributed by atoms with van der Waals surface area (Å²) in [5.41, 5.74) is 2.17. The van der Waals surface area contributed by atoms with Crippen LogP contribution in [0.3, 0.4) is 0 Å². The molecule has 0 radical (unpaired) electrons. The Kier molecular flexibility index (Phi) is 8.28. The van der Waals surface area contributed by atoms with E-state index < -0.39 is 10.0 Å². The largest absolute Gasteiger partial charge is 0.494 e. The lowest BCUT2D eigenvalue weighted by Gasteiger charge is -2.15. The van der Waals surface area contributed by atoms with Crippen LogP contribution in [0.15, 0.2) is 39.5 Å². The van der Waals surface area contributed by atoms with Gasteiger partial charge in [-0.25, -0.2) is 13.1 Å². The van der Waals surface area contributed by atoms with Gasteiger partial charge >= 0.3 is 0 Å². The van der Waals surface area contributed by atoms with Gasteiger partial charge in [-0.3, -0.25) is 4.99 Å². The van der Waals surface area contributed by atoms with Gasteiger partial charge in [0, 0.05) is 37.1 Å². The van der Waals surface area contributed by atoms with Crippen LogP contribution in [-0.4, -0.2) is 41.1 Å². The molecule has 0 saturated carbocycles. The molecule has 28 heavy (non-hydrogen) atoms. The molecule has 0 saturated heterocycles. The molecule has 0 aliphatic rings. The number of hydrogen-bond donors (Lipinski definition) is 3. The molecule has 0 spiro atoms. The van der Waals surface area contributed by atoms with Crippen LogP contribution in [0.1, 0.15) is 22.9 Å². The van der Waals surface area contributed by atoms with Crippen molar-refractivity contribution in [1.29, 1.82) is 0 Å². The van der Waals surface area contributed by atoms with Crippen molar-refractivity contribution in [3.8, 4) is 5.75 Å². The van der Waals surface area contributed by atoms with Crippen molar-refractivity contribution in [2.45, 2.75) is 31.5 Å². The summed E-state index contributed by atoms with van der Waals surface area (Å²) in [5, 5.41) is 6.33. The van der Waals surface area contributed by atoms with Crippen molar-refractivity contribution >= 4 is 27.3 Å². The van der Waals surface area contributed by atoms with Crippen molar-refractivity contribution in [2.24, 2.45) is 4.99 Å². The second kappa shape index (κ2) is 10.4. The van der Waals surface area contributed by atoms with Crippen LogP contribution in [0, 0.1) is 13.8 Å². The molecule has 154 valence electrons. The molecule has 1 aromatic carbocycles. The van der Waals surface area contributed by atoms with Crippen molar-refractivity contribution < 1.29 is 13.2 Å². The molecule has 0 aliphatic carbocycles. The molecular weight excluding hydrogens is 396 g/mol. The van der Waals surface area contributed by atoms with Crippen LogP contribution in [0.4, 0.5) is 0 Å². The maximum Gasteiger partial charge on any atom is 0.250 e. The van der Waals surface area contributed by atoms with Crippen LogP contribution in [0.2, 0.25) is 0 Å². The summed E-state index contributed by atoms with van der Waals surface area (Å²) in [6, 6.07) is 9.49. The number of thiophene rings is 1. The van der Waals surface area contributed by atoms with E-state index in [9.17, 15) is 8.42 Å². The first-order valence-electron chi connectivity index (χ1n) is 9.08. The second-order valence-electron chi connectivity index (χ2n) is 6.16. The Morgan fingerprint density at radius 1 is 1.14 bits per heavy atom. The Morgan fingerprint density at radius 3 is 2.57 bits per heavy atom. The summed E-state index contributed by atoms with van der Waals surface area (Å²) in [4.78, 5) is 5.13. The highest BCUT2D eigenvalue weighted by atomic mass is 32.2. The minimum absolute atomic E-state index is 0.259. The Hall–Kier alpha value is -2.10. The number of benzene rings is 1. The highest BCUT2D eigenvalue weighted by Gasteiger charge is 2.15. The molecule has 2 rings (SSSR count).